The number of primary amides is 1. The molecule has 0 atom stereocenters. The second-order valence-electron chi connectivity index (χ2n) is 13.5. The van der Waals surface area contributed by atoms with Gasteiger partial charge in [-0.15, -0.1) is 0 Å². The summed E-state index contributed by atoms with van der Waals surface area (Å²) in [7, 11) is -7.45. The van der Waals surface area contributed by atoms with Crippen LogP contribution in [0.2, 0.25) is 0 Å². The molecule has 19 nitrogen and oxygen atoms in total. The Morgan fingerprint density at radius 2 is 1.29 bits per heavy atom. The molecule has 0 spiro atoms. The standard InChI is InChI=1S/C35H34N12O7S2/c1-55(50,51)44-20-34(21-44,13-15-36)46-18-27(30(38)48)31(42-46)40-25-9-11-26(12-10-25)41-33(49)28-19-47(43-32(28)39-24-6-3-2-4-7-24)35(14-16-37)22-45(23-35)56(52,53)29-8-5-17-54-29/h2-12,17-19H,13-14,20-23H2,1H3,(H2,38,48)(H,39,43)(H,40,42)(H,41,49). The Morgan fingerprint density at radius 1 is 0.768 bits per heavy atom. The summed E-state index contributed by atoms with van der Waals surface area (Å²) in [5.41, 5.74) is 5.22. The van der Waals surface area contributed by atoms with Gasteiger partial charge in [0, 0.05) is 55.6 Å². The molecule has 0 aliphatic carbocycles. The van der Waals surface area contributed by atoms with Crippen LogP contribution in [0.1, 0.15) is 33.6 Å². The highest BCUT2D eigenvalue weighted by Gasteiger charge is 2.52. The number of rotatable bonds is 14. The van der Waals surface area contributed by atoms with Crippen molar-refractivity contribution in [2.45, 2.75) is 29.0 Å². The number of anilines is 5. The van der Waals surface area contributed by atoms with Crippen LogP contribution < -0.4 is 21.7 Å². The van der Waals surface area contributed by atoms with Crippen molar-refractivity contribution in [2.75, 3.05) is 48.4 Å². The van der Waals surface area contributed by atoms with Gasteiger partial charge in [0.25, 0.3) is 21.8 Å². The van der Waals surface area contributed by atoms with Gasteiger partial charge in [0.1, 0.15) is 22.2 Å². The fourth-order valence-corrected chi connectivity index (χ4v) is 8.98. The van der Waals surface area contributed by atoms with E-state index in [4.69, 9.17) is 10.2 Å². The average Bonchev–Trinajstić information content (AvgIpc) is 3.90. The van der Waals surface area contributed by atoms with E-state index in [9.17, 15) is 36.9 Å². The zero-order valence-electron chi connectivity index (χ0n) is 29.7. The topological polar surface area (TPSA) is 267 Å². The number of sulfonamides is 2. The van der Waals surface area contributed by atoms with Crippen molar-refractivity contribution in [3.8, 4) is 12.1 Å². The van der Waals surface area contributed by atoms with Gasteiger partial charge in [0.2, 0.25) is 15.1 Å². The summed E-state index contributed by atoms with van der Waals surface area (Å²) in [5.74, 6) is -1.08. The number of benzene rings is 2. The Kier molecular flexibility index (Phi) is 9.64. The molecule has 0 unspecified atom stereocenters. The van der Waals surface area contributed by atoms with Crippen molar-refractivity contribution in [3.05, 3.63) is 96.5 Å². The minimum Gasteiger partial charge on any atom is -0.452 e. The number of nitriles is 2. The smallest absolute Gasteiger partial charge is 0.276 e. The molecule has 2 fully saturated rings. The first-order chi connectivity index (χ1) is 26.7. The number of nitrogens with one attached hydrogen (secondary N) is 3. The summed E-state index contributed by atoms with van der Waals surface area (Å²) in [6.45, 7) is -0.167. The van der Waals surface area contributed by atoms with Gasteiger partial charge in [-0.3, -0.25) is 19.0 Å². The molecule has 2 saturated heterocycles. The maximum Gasteiger partial charge on any atom is 0.276 e. The predicted molar refractivity (Wildman–Crippen MR) is 201 cm³/mol. The molecule has 2 aromatic carbocycles. The van der Waals surface area contributed by atoms with Crippen molar-refractivity contribution in [3.63, 3.8) is 0 Å². The Morgan fingerprint density at radius 3 is 1.80 bits per heavy atom. The van der Waals surface area contributed by atoms with E-state index in [1.165, 1.54) is 48.8 Å². The quantitative estimate of drug-likeness (QED) is 0.126. The van der Waals surface area contributed by atoms with Crippen LogP contribution >= 0.6 is 0 Å². The molecule has 5 N–H and O–H groups in total. The third kappa shape index (κ3) is 7.07. The molecule has 2 aliphatic heterocycles. The Bertz CT molecular complexity index is 2600. The molecule has 7 rings (SSSR count). The number of carbonyl (C=O) groups excluding carboxylic acids is 2. The van der Waals surface area contributed by atoms with E-state index in [1.54, 1.807) is 48.5 Å². The van der Waals surface area contributed by atoms with E-state index < -0.39 is 42.9 Å². The second-order valence-corrected chi connectivity index (χ2v) is 17.4. The third-order valence-electron chi connectivity index (χ3n) is 9.61. The highest BCUT2D eigenvalue weighted by atomic mass is 32.2. The Hall–Kier alpha value is -6.52. The Balaban J connectivity index is 1.11. The Labute approximate surface area is 321 Å². The number of furan rings is 1. The lowest BCUT2D eigenvalue weighted by molar-refractivity contribution is 0.0705. The van der Waals surface area contributed by atoms with Crippen molar-refractivity contribution in [1.29, 1.82) is 10.5 Å². The first kappa shape index (κ1) is 37.8. The lowest BCUT2D eigenvalue weighted by atomic mass is 9.89. The van der Waals surface area contributed by atoms with Crippen LogP contribution in [0.3, 0.4) is 0 Å². The minimum atomic E-state index is -3.95. The summed E-state index contributed by atoms with van der Waals surface area (Å²) in [6.07, 6.45) is 5.05. The number of para-hydroxylation sites is 1. The van der Waals surface area contributed by atoms with Gasteiger partial charge in [-0.1, -0.05) is 18.2 Å². The van der Waals surface area contributed by atoms with Crippen LogP contribution in [0.15, 0.2) is 94.9 Å². The molecule has 2 amide bonds. The summed E-state index contributed by atoms with van der Waals surface area (Å²) >= 11 is 0. The minimum absolute atomic E-state index is 0.0000404. The number of hydrogen-bond donors (Lipinski definition) is 4. The number of carbonyl (C=O) groups is 2. The zero-order chi connectivity index (χ0) is 39.9. The van der Waals surface area contributed by atoms with E-state index in [-0.39, 0.29) is 66.9 Å². The average molecular weight is 799 g/mol. The van der Waals surface area contributed by atoms with Crippen molar-refractivity contribution < 1.29 is 30.8 Å². The molecular weight excluding hydrogens is 765 g/mol. The fourth-order valence-electron chi connectivity index (χ4n) is 6.53. The van der Waals surface area contributed by atoms with Crippen LogP contribution in [0.25, 0.3) is 0 Å². The molecule has 0 bridgehead atoms. The van der Waals surface area contributed by atoms with Gasteiger partial charge >= 0.3 is 0 Å². The summed E-state index contributed by atoms with van der Waals surface area (Å²) in [4.78, 5) is 26.2. The third-order valence-corrected chi connectivity index (χ3v) is 12.5. The molecular formula is C35H34N12O7S2. The van der Waals surface area contributed by atoms with Crippen LogP contribution in [0, 0.1) is 22.7 Å². The molecule has 3 aromatic heterocycles. The summed E-state index contributed by atoms with van der Waals surface area (Å²) in [5, 5.41) is 37.1. The van der Waals surface area contributed by atoms with Crippen molar-refractivity contribution in [1.82, 2.24) is 28.2 Å². The molecule has 5 aromatic rings. The maximum absolute atomic E-state index is 13.8. The number of hydrogen-bond acceptors (Lipinski definition) is 13. The molecule has 21 heteroatoms. The molecule has 5 heterocycles. The van der Waals surface area contributed by atoms with Gasteiger partial charge < -0.3 is 26.1 Å². The molecule has 2 aliphatic rings. The highest BCUT2D eigenvalue weighted by Crippen LogP contribution is 2.38. The molecule has 0 radical (unpaired) electrons. The predicted octanol–water partition coefficient (Wildman–Crippen LogP) is 2.71. The number of aromatic nitrogens is 4. The van der Waals surface area contributed by atoms with E-state index in [0.717, 1.165) is 6.26 Å². The normalized spacial score (nSPS) is 16.4. The van der Waals surface area contributed by atoms with Gasteiger partial charge in [-0.25, -0.2) is 16.8 Å². The summed E-state index contributed by atoms with van der Waals surface area (Å²) in [6, 6.07) is 22.4. The fraction of sp³-hybridized carbons (Fsp3) is 0.257. The molecule has 288 valence electrons. The van der Waals surface area contributed by atoms with Gasteiger partial charge in [0.05, 0.1) is 37.5 Å². The van der Waals surface area contributed by atoms with Crippen LogP contribution in [0.5, 0.6) is 0 Å². The number of nitrogens with zero attached hydrogens (tertiary/aromatic N) is 8. The highest BCUT2D eigenvalue weighted by molar-refractivity contribution is 7.89. The maximum atomic E-state index is 13.8. The largest absolute Gasteiger partial charge is 0.452 e. The second kappa shape index (κ2) is 14.3. The molecule has 0 saturated carbocycles. The number of amides is 2. The lowest BCUT2D eigenvalue weighted by Crippen LogP contribution is -2.64. The SMILES string of the molecule is CS(=O)(=O)N1CC(CC#N)(n2cc(C(N)=O)c(Nc3ccc(NC(=O)c4cn(C5(CC#N)CN(S(=O)(=O)c6ccco6)C5)nc4Nc4ccccc4)cc3)n2)C1. The van der Waals surface area contributed by atoms with E-state index >= 15 is 0 Å². The van der Waals surface area contributed by atoms with Crippen molar-refractivity contribution in [2.24, 2.45) is 5.73 Å². The van der Waals surface area contributed by atoms with E-state index in [0.29, 0.717) is 17.1 Å². The first-order valence-electron chi connectivity index (χ1n) is 16.9. The first-order valence-corrected chi connectivity index (χ1v) is 20.2. The van der Waals surface area contributed by atoms with Crippen molar-refractivity contribution >= 4 is 60.6 Å². The van der Waals surface area contributed by atoms with Gasteiger partial charge in [0.15, 0.2) is 11.6 Å². The van der Waals surface area contributed by atoms with E-state index in [2.05, 4.69) is 38.3 Å². The molecule has 56 heavy (non-hydrogen) atoms. The van der Waals surface area contributed by atoms with Crippen LogP contribution in [-0.4, -0.2) is 89.3 Å². The zero-order valence-corrected chi connectivity index (χ0v) is 31.3. The van der Waals surface area contributed by atoms with Crippen LogP contribution in [-0.2, 0) is 31.1 Å². The monoisotopic (exact) mass is 798 g/mol. The lowest BCUT2D eigenvalue weighted by Gasteiger charge is -2.47. The number of nitrogens with two attached hydrogens (primary N) is 1. The summed E-state index contributed by atoms with van der Waals surface area (Å²) < 4.78 is 60.7. The van der Waals surface area contributed by atoms with Crippen LogP contribution in [0.4, 0.5) is 28.7 Å². The van der Waals surface area contributed by atoms with E-state index in [1.807, 2.05) is 6.07 Å². The van der Waals surface area contributed by atoms with Gasteiger partial charge in [-0.05, 0) is 48.5 Å². The van der Waals surface area contributed by atoms with Gasteiger partial charge in [-0.2, -0.15) is 29.3 Å².